The largest absolute Gasteiger partial charge is 0.391 e. The molecule has 13 nitrogen and oxygen atoms in total. The van der Waals surface area contributed by atoms with Crippen LogP contribution in [0.5, 0.6) is 0 Å². The Balaban J connectivity index is 1.80. The van der Waals surface area contributed by atoms with Crippen LogP contribution in [0.1, 0.15) is 49.7 Å². The van der Waals surface area contributed by atoms with Crippen molar-refractivity contribution < 1.29 is 24.3 Å². The number of guanidine groups is 1. The molecule has 0 aromatic heterocycles. The number of aliphatic hydroxyl groups is 1. The van der Waals surface area contributed by atoms with E-state index in [1.807, 2.05) is 60.7 Å². The van der Waals surface area contributed by atoms with Crippen LogP contribution in [0, 0.1) is 0 Å². The Morgan fingerprint density at radius 2 is 1.56 bits per heavy atom. The summed E-state index contributed by atoms with van der Waals surface area (Å²) in [5.74, 6) is -3.13. The maximum absolute atomic E-state index is 13.9. The van der Waals surface area contributed by atoms with Crippen molar-refractivity contribution in [1.82, 2.24) is 15.5 Å². The monoisotopic (exact) mass is 594 g/mol. The van der Waals surface area contributed by atoms with Gasteiger partial charge in [0.25, 0.3) is 0 Å². The van der Waals surface area contributed by atoms with Crippen LogP contribution in [0.3, 0.4) is 0 Å². The summed E-state index contributed by atoms with van der Waals surface area (Å²) >= 11 is 0. The normalized spacial score (nSPS) is 17.4. The number of nitrogens with one attached hydrogen (secondary N) is 2. The van der Waals surface area contributed by atoms with Gasteiger partial charge in [0.15, 0.2) is 5.96 Å². The van der Waals surface area contributed by atoms with Crippen LogP contribution in [-0.4, -0.2) is 83.0 Å². The van der Waals surface area contributed by atoms with Crippen molar-refractivity contribution in [3.63, 3.8) is 0 Å². The summed E-state index contributed by atoms with van der Waals surface area (Å²) in [5.41, 5.74) is 24.5. The molecule has 232 valence electrons. The van der Waals surface area contributed by atoms with Crippen molar-refractivity contribution in [2.24, 2.45) is 27.9 Å². The van der Waals surface area contributed by atoms with Crippen LogP contribution in [0.2, 0.25) is 0 Å². The molecule has 1 fully saturated rings. The number of hydrogen-bond donors (Lipinski definition) is 7. The third-order valence-electron chi connectivity index (χ3n) is 7.47. The van der Waals surface area contributed by atoms with E-state index in [1.54, 1.807) is 0 Å². The first-order valence-corrected chi connectivity index (χ1v) is 14.3. The fourth-order valence-electron chi connectivity index (χ4n) is 5.29. The molecule has 1 saturated heterocycles. The maximum Gasteiger partial charge on any atom is 0.243 e. The van der Waals surface area contributed by atoms with Gasteiger partial charge in [-0.2, -0.15) is 0 Å². The molecule has 0 spiro atoms. The number of aliphatic hydroxyl groups excluding tert-OH is 1. The number of primary amides is 1. The average Bonchev–Trinajstić information content (AvgIpc) is 3.48. The van der Waals surface area contributed by atoms with Crippen LogP contribution in [0.15, 0.2) is 65.7 Å². The quantitative estimate of drug-likeness (QED) is 0.0814. The second-order valence-electron chi connectivity index (χ2n) is 10.7. The number of carbonyl (C=O) groups excluding carboxylic acids is 4. The van der Waals surface area contributed by atoms with Gasteiger partial charge in [-0.1, -0.05) is 60.7 Å². The first-order chi connectivity index (χ1) is 20.5. The van der Waals surface area contributed by atoms with E-state index in [1.165, 1.54) is 11.8 Å². The first kappa shape index (κ1) is 33.0. The van der Waals surface area contributed by atoms with Crippen molar-refractivity contribution in [1.29, 1.82) is 0 Å². The van der Waals surface area contributed by atoms with Crippen LogP contribution in [0.25, 0.3) is 0 Å². The number of nitrogens with two attached hydrogens (primary N) is 4. The molecule has 0 aliphatic carbocycles. The molecule has 43 heavy (non-hydrogen) atoms. The lowest BCUT2D eigenvalue weighted by Crippen LogP contribution is -2.59. The van der Waals surface area contributed by atoms with Crippen LogP contribution < -0.4 is 33.6 Å². The number of nitrogens with zero attached hydrogens (tertiary/aromatic N) is 2. The zero-order valence-corrected chi connectivity index (χ0v) is 24.3. The number of hydrogen-bond acceptors (Lipinski definition) is 7. The van der Waals surface area contributed by atoms with E-state index in [2.05, 4.69) is 15.6 Å². The average molecular weight is 595 g/mol. The molecule has 1 aliphatic rings. The Morgan fingerprint density at radius 1 is 0.977 bits per heavy atom. The second-order valence-corrected chi connectivity index (χ2v) is 10.7. The number of amides is 4. The van der Waals surface area contributed by atoms with Crippen LogP contribution >= 0.6 is 0 Å². The van der Waals surface area contributed by atoms with E-state index in [-0.39, 0.29) is 24.8 Å². The zero-order chi connectivity index (χ0) is 31.5. The number of aliphatic imine (C=N–C) groups is 1. The van der Waals surface area contributed by atoms with E-state index < -0.39 is 53.9 Å². The number of carbonyl (C=O) groups is 4. The van der Waals surface area contributed by atoms with E-state index in [0.717, 1.165) is 11.1 Å². The Morgan fingerprint density at radius 3 is 2.07 bits per heavy atom. The van der Waals surface area contributed by atoms with E-state index in [9.17, 15) is 24.3 Å². The highest BCUT2D eigenvalue weighted by molar-refractivity contribution is 5.95. The highest BCUT2D eigenvalue weighted by Crippen LogP contribution is 2.30. The molecule has 4 amide bonds. The molecule has 0 unspecified atom stereocenters. The Hall–Kier alpha value is -4.49. The van der Waals surface area contributed by atoms with Gasteiger partial charge in [0.1, 0.15) is 18.1 Å². The summed E-state index contributed by atoms with van der Waals surface area (Å²) in [6, 6.07) is 14.6. The lowest BCUT2D eigenvalue weighted by Gasteiger charge is -2.32. The molecule has 0 saturated carbocycles. The summed E-state index contributed by atoms with van der Waals surface area (Å²) in [6.07, 6.45) is 0.131. The number of benzene rings is 2. The molecule has 5 atom stereocenters. The Kier molecular flexibility index (Phi) is 12.0. The molecule has 2 aromatic carbocycles. The number of rotatable bonds is 14. The molecule has 3 rings (SSSR count). The minimum absolute atomic E-state index is 0.115. The predicted molar refractivity (Wildman–Crippen MR) is 162 cm³/mol. The van der Waals surface area contributed by atoms with Gasteiger partial charge in [-0.15, -0.1) is 0 Å². The van der Waals surface area contributed by atoms with Crippen molar-refractivity contribution >= 4 is 29.6 Å². The van der Waals surface area contributed by atoms with Crippen molar-refractivity contribution in [3.8, 4) is 0 Å². The fraction of sp³-hybridized carbons (Fsp3) is 0.433. The summed E-state index contributed by atoms with van der Waals surface area (Å²) in [4.78, 5) is 57.7. The maximum atomic E-state index is 13.9. The van der Waals surface area contributed by atoms with Gasteiger partial charge in [-0.05, 0) is 43.7 Å². The van der Waals surface area contributed by atoms with Crippen molar-refractivity contribution in [2.75, 3.05) is 13.1 Å². The summed E-state index contributed by atoms with van der Waals surface area (Å²) < 4.78 is 0. The minimum atomic E-state index is -1.36. The lowest BCUT2D eigenvalue weighted by atomic mass is 9.84. The third-order valence-corrected chi connectivity index (χ3v) is 7.47. The topological polar surface area (TPSA) is 232 Å². The van der Waals surface area contributed by atoms with Gasteiger partial charge >= 0.3 is 0 Å². The SMILES string of the molecule is C[C@@H](O)[C@@H](NC(=O)[C@@H](CCCN=C(N)N)NC(=O)[C@@H]1CCCN1C(=O)[C@H](N)C(c1ccccc1)c1ccccc1)C(N)=O. The smallest absolute Gasteiger partial charge is 0.243 e. The molecule has 1 aliphatic heterocycles. The van der Waals surface area contributed by atoms with E-state index in [0.29, 0.717) is 25.8 Å². The molecule has 0 radical (unpaired) electrons. The molecule has 13 heteroatoms. The molecule has 1 heterocycles. The zero-order valence-electron chi connectivity index (χ0n) is 24.3. The molecular formula is C30H42N8O5. The third kappa shape index (κ3) is 9.00. The standard InChI is InChI=1S/C30H42N8O5/c1-18(39)25(26(32)40)37-27(41)21(14-8-16-35-30(33)34)36-28(42)22-15-9-17-38(22)29(43)24(31)23(19-10-4-2-5-11-19)20-12-6-3-7-13-20/h2-7,10-13,18,21-25,39H,8-9,14-17,31H2,1H3,(H2,32,40)(H,36,42)(H,37,41)(H4,33,34,35)/t18-,21-,22+,24-,25-/m1/s1. The summed E-state index contributed by atoms with van der Waals surface area (Å²) in [6.45, 7) is 1.83. The highest BCUT2D eigenvalue weighted by Gasteiger charge is 2.40. The van der Waals surface area contributed by atoms with Gasteiger partial charge in [0.2, 0.25) is 23.6 Å². The van der Waals surface area contributed by atoms with Gasteiger partial charge in [0.05, 0.1) is 12.1 Å². The van der Waals surface area contributed by atoms with Gasteiger partial charge in [0, 0.05) is 19.0 Å². The van der Waals surface area contributed by atoms with E-state index in [4.69, 9.17) is 22.9 Å². The van der Waals surface area contributed by atoms with Crippen molar-refractivity contribution in [2.45, 2.75) is 68.8 Å². The Labute approximate surface area is 251 Å². The van der Waals surface area contributed by atoms with Crippen LogP contribution in [-0.2, 0) is 19.2 Å². The highest BCUT2D eigenvalue weighted by atomic mass is 16.3. The first-order valence-electron chi connectivity index (χ1n) is 14.3. The molecular weight excluding hydrogens is 552 g/mol. The van der Waals surface area contributed by atoms with E-state index >= 15 is 0 Å². The Bertz CT molecular complexity index is 1230. The van der Waals surface area contributed by atoms with Gasteiger partial charge in [-0.3, -0.25) is 24.2 Å². The molecule has 2 aromatic rings. The van der Waals surface area contributed by atoms with Gasteiger partial charge in [-0.25, -0.2) is 0 Å². The fourth-order valence-corrected chi connectivity index (χ4v) is 5.29. The molecule has 0 bridgehead atoms. The lowest BCUT2D eigenvalue weighted by molar-refractivity contribution is -0.141. The predicted octanol–water partition coefficient (Wildman–Crippen LogP) is -0.974. The summed E-state index contributed by atoms with van der Waals surface area (Å²) in [7, 11) is 0. The molecule has 11 N–H and O–H groups in total. The second kappa shape index (κ2) is 15.7. The number of likely N-dealkylation sites (tertiary alicyclic amines) is 1. The summed E-state index contributed by atoms with van der Waals surface area (Å²) in [5, 5.41) is 15.0. The van der Waals surface area contributed by atoms with Gasteiger partial charge < -0.3 is 43.6 Å². The van der Waals surface area contributed by atoms with Crippen LogP contribution in [0.4, 0.5) is 0 Å². The minimum Gasteiger partial charge on any atom is -0.391 e. The van der Waals surface area contributed by atoms with Crippen molar-refractivity contribution in [3.05, 3.63) is 71.8 Å².